The van der Waals surface area contributed by atoms with Crippen molar-refractivity contribution < 1.29 is 0 Å². The summed E-state index contributed by atoms with van der Waals surface area (Å²) in [6.07, 6.45) is 3.49. The molecule has 0 saturated heterocycles. The number of rotatable bonds is 0. The van der Waals surface area contributed by atoms with Crippen LogP contribution in [0.15, 0.2) is 36.4 Å². The Bertz CT molecular complexity index is 2460. The zero-order valence-corrected chi connectivity index (χ0v) is 19.1. The minimum absolute atomic E-state index is 0.0489. The molecule has 0 atom stereocenters. The molecule has 0 nitrogen and oxygen atoms in total. The Morgan fingerprint density at radius 2 is 0.912 bits per heavy atom. The average molecular weight is 427 g/mol. The summed E-state index contributed by atoms with van der Waals surface area (Å²) < 4.78 is 0. The summed E-state index contributed by atoms with van der Waals surface area (Å²) in [5.41, 5.74) is 9.57. The Balaban J connectivity index is 1.68. The molecule has 0 spiro atoms. The third-order valence-electron chi connectivity index (χ3n) is 10.8. The summed E-state index contributed by atoms with van der Waals surface area (Å²) in [7, 11) is 0. The second-order valence-electron chi connectivity index (χ2n) is 12.3. The summed E-state index contributed by atoms with van der Waals surface area (Å²) in [5.74, 6) is 0. The highest BCUT2D eigenvalue weighted by molar-refractivity contribution is 6.58. The lowest BCUT2D eigenvalue weighted by Crippen LogP contribution is -2.16. The number of hydrogen-bond donors (Lipinski definition) is 0. The van der Waals surface area contributed by atoms with Crippen LogP contribution >= 0.6 is 0 Å². The third-order valence-corrected chi connectivity index (χ3v) is 10.8. The Morgan fingerprint density at radius 1 is 0.441 bits per heavy atom. The molecule has 0 fully saturated rings. The van der Waals surface area contributed by atoms with Crippen molar-refractivity contribution >= 4 is 86.2 Å². The summed E-state index contributed by atoms with van der Waals surface area (Å²) in [5, 5.41) is 25.2. The van der Waals surface area contributed by atoms with Crippen LogP contribution in [0.3, 0.4) is 0 Å². The van der Waals surface area contributed by atoms with Crippen molar-refractivity contribution in [2.45, 2.75) is 38.5 Å². The Labute approximate surface area is 194 Å². The molecule has 3 aliphatic rings. The minimum Gasteiger partial charge on any atom is -0.0542 e. The molecule has 0 heterocycles. The third kappa shape index (κ3) is 1.11. The summed E-state index contributed by atoms with van der Waals surface area (Å²) >= 11 is 0. The summed E-state index contributed by atoms with van der Waals surface area (Å²) in [4.78, 5) is 0. The molecule has 34 heavy (non-hydrogen) atoms. The van der Waals surface area contributed by atoms with Crippen LogP contribution in [0.25, 0.3) is 86.2 Å². The van der Waals surface area contributed by atoms with Crippen LogP contribution in [0.2, 0.25) is 0 Å². The molecule has 0 heteroatoms. The molecule has 0 unspecified atom stereocenters. The quantitative estimate of drug-likeness (QED) is 0.213. The predicted octanol–water partition coefficient (Wildman–Crippen LogP) is 8.74. The van der Waals surface area contributed by atoms with E-state index in [0.29, 0.717) is 0 Å². The van der Waals surface area contributed by atoms with E-state index in [0.717, 1.165) is 6.42 Å². The second-order valence-corrected chi connectivity index (χ2v) is 12.3. The molecule has 154 valence electrons. The van der Waals surface area contributed by atoms with Crippen LogP contribution in [0.4, 0.5) is 0 Å². The van der Waals surface area contributed by atoms with E-state index in [2.05, 4.69) is 50.2 Å². The van der Waals surface area contributed by atoms with Gasteiger partial charge < -0.3 is 0 Å². The smallest absolute Gasteiger partial charge is 0.0159 e. The molecule has 0 radical (unpaired) electrons. The Kier molecular flexibility index (Phi) is 1.78. The van der Waals surface area contributed by atoms with Crippen molar-refractivity contribution in [2.24, 2.45) is 0 Å². The van der Waals surface area contributed by atoms with E-state index in [1.54, 1.807) is 109 Å². The van der Waals surface area contributed by atoms with Gasteiger partial charge in [0.2, 0.25) is 0 Å². The maximum absolute atomic E-state index is 2.63. The van der Waals surface area contributed by atoms with Crippen molar-refractivity contribution in [1.29, 1.82) is 0 Å². The topological polar surface area (TPSA) is 0 Å². The first-order chi connectivity index (χ1) is 16.6. The fourth-order valence-electron chi connectivity index (χ4n) is 9.68. The second kappa shape index (κ2) is 3.95. The molecular formula is C34H18. The summed E-state index contributed by atoms with van der Waals surface area (Å²) in [6, 6.07) is 15.2. The van der Waals surface area contributed by atoms with Gasteiger partial charge in [0.05, 0.1) is 0 Å². The zero-order chi connectivity index (χ0) is 21.6. The SMILES string of the molecule is CC1(C)c2cc3c4c5c(cc6c7c8c(cc9ccc%10cc1c1c2c4c(c57)c2c8c9c%10c12)C6)CC3. The molecule has 12 rings (SSSR count). The van der Waals surface area contributed by atoms with Crippen LogP contribution in [0.1, 0.15) is 47.2 Å². The highest BCUT2D eigenvalue weighted by Crippen LogP contribution is 2.64. The van der Waals surface area contributed by atoms with E-state index in [1.807, 2.05) is 0 Å². The first-order valence-electron chi connectivity index (χ1n) is 12.9. The number of benzene rings is 7. The van der Waals surface area contributed by atoms with Gasteiger partial charge in [-0.25, -0.2) is 0 Å². The van der Waals surface area contributed by atoms with Crippen molar-refractivity contribution in [3.63, 3.8) is 0 Å². The first-order valence-corrected chi connectivity index (χ1v) is 12.9. The maximum Gasteiger partial charge on any atom is 0.0159 e. The number of aryl methyl sites for hydroxylation is 2. The van der Waals surface area contributed by atoms with Gasteiger partial charge in [0.25, 0.3) is 0 Å². The predicted molar refractivity (Wildman–Crippen MR) is 145 cm³/mol. The van der Waals surface area contributed by atoms with E-state index in [4.69, 9.17) is 0 Å². The highest BCUT2D eigenvalue weighted by atomic mass is 14.4. The van der Waals surface area contributed by atoms with Gasteiger partial charge in [-0.15, -0.1) is 0 Å². The van der Waals surface area contributed by atoms with Gasteiger partial charge in [0.1, 0.15) is 0 Å². The minimum atomic E-state index is 0.0489. The molecule has 0 aromatic heterocycles. The Morgan fingerprint density at radius 3 is 1.65 bits per heavy atom. The van der Waals surface area contributed by atoms with Crippen molar-refractivity contribution in [1.82, 2.24) is 0 Å². The number of hydrogen-bond acceptors (Lipinski definition) is 0. The highest BCUT2D eigenvalue weighted by Gasteiger charge is 2.42. The standard InChI is InChI=1S/C34H18/c1-34(2)18-10-14-5-3-12-7-16-9-17-8-13-4-6-15-11-19(34)27-26(18)30-22(14)20(12)28-24(16)25(17)29-21(13)23(15)31(27)33(29)32(28)30/h3,5,7-8,10-11H,4,6,9H2,1-2H3. The van der Waals surface area contributed by atoms with E-state index in [1.165, 1.54) is 23.6 Å². The average Bonchev–Trinajstić information content (AvgIpc) is 3.54. The fourth-order valence-corrected chi connectivity index (χ4v) is 9.68. The van der Waals surface area contributed by atoms with Crippen LogP contribution in [-0.2, 0) is 24.7 Å². The van der Waals surface area contributed by atoms with Crippen molar-refractivity contribution in [3.05, 3.63) is 69.8 Å². The van der Waals surface area contributed by atoms with Crippen LogP contribution in [-0.4, -0.2) is 0 Å². The molecule has 0 bridgehead atoms. The van der Waals surface area contributed by atoms with E-state index >= 15 is 0 Å². The van der Waals surface area contributed by atoms with Crippen LogP contribution in [0.5, 0.6) is 0 Å². The molecular weight excluding hydrogens is 408 g/mol. The lowest BCUT2D eigenvalue weighted by molar-refractivity contribution is 0.662. The van der Waals surface area contributed by atoms with Gasteiger partial charge in [0, 0.05) is 5.41 Å². The van der Waals surface area contributed by atoms with Gasteiger partial charge >= 0.3 is 0 Å². The molecule has 0 N–H and O–H groups in total. The lowest BCUT2D eigenvalue weighted by atomic mass is 9.79. The normalized spacial score (nSPS) is 18.2. The van der Waals surface area contributed by atoms with Gasteiger partial charge in [-0.1, -0.05) is 44.2 Å². The summed E-state index contributed by atoms with van der Waals surface area (Å²) in [6.45, 7) is 4.96. The van der Waals surface area contributed by atoms with E-state index < -0.39 is 0 Å². The molecule has 0 amide bonds. The maximum atomic E-state index is 2.63. The van der Waals surface area contributed by atoms with E-state index in [-0.39, 0.29) is 5.41 Å². The zero-order valence-electron chi connectivity index (χ0n) is 19.1. The van der Waals surface area contributed by atoms with Gasteiger partial charge in [-0.2, -0.15) is 0 Å². The molecule has 0 saturated carbocycles. The first kappa shape index (κ1) is 15.3. The van der Waals surface area contributed by atoms with Gasteiger partial charge in [0.15, 0.2) is 0 Å². The van der Waals surface area contributed by atoms with Gasteiger partial charge in [-0.3, -0.25) is 0 Å². The molecule has 0 aliphatic heterocycles. The van der Waals surface area contributed by atoms with Gasteiger partial charge in [-0.05, 0) is 145 Å². The largest absolute Gasteiger partial charge is 0.0542 e. The van der Waals surface area contributed by atoms with Crippen LogP contribution in [0, 0.1) is 0 Å². The Hall–Kier alpha value is -3.64. The van der Waals surface area contributed by atoms with Crippen molar-refractivity contribution in [3.8, 4) is 0 Å². The molecule has 3 aliphatic carbocycles. The van der Waals surface area contributed by atoms with E-state index in [9.17, 15) is 0 Å². The van der Waals surface area contributed by atoms with Crippen molar-refractivity contribution in [2.75, 3.05) is 0 Å². The van der Waals surface area contributed by atoms with Crippen LogP contribution < -0.4 is 0 Å². The molecule has 9 aromatic rings. The fraction of sp³-hybridized carbons (Fsp3) is 0.176. The monoisotopic (exact) mass is 426 g/mol. The molecule has 9 aromatic carbocycles. The lowest BCUT2D eigenvalue weighted by Gasteiger charge is -2.24.